The number of methoxy groups -OCH3 is 1. The minimum absolute atomic E-state index is 0.00951. The molecule has 0 aliphatic carbocycles. The lowest BCUT2D eigenvalue weighted by molar-refractivity contribution is -0.134. The smallest absolute Gasteiger partial charge is 0.337 e. The first kappa shape index (κ1) is 22.3. The summed E-state index contributed by atoms with van der Waals surface area (Å²) in [6.45, 7) is 0. The van der Waals surface area contributed by atoms with E-state index in [1.807, 2.05) is 42.5 Å². The highest BCUT2D eigenvalue weighted by atomic mass is 79.9. The maximum Gasteiger partial charge on any atom is 0.337 e. The second kappa shape index (κ2) is 8.90. The summed E-state index contributed by atoms with van der Waals surface area (Å²) in [5.41, 5.74) is 7.74. The number of carbonyl (C=O) groups is 1. The number of fused-ring (bicyclic) bond motifs is 1. The summed E-state index contributed by atoms with van der Waals surface area (Å²) in [4.78, 5) is 26.2. The number of thiazole rings is 1. The lowest BCUT2D eigenvalue weighted by Crippen LogP contribution is -2.40. The van der Waals surface area contributed by atoms with Crippen LogP contribution in [0.4, 0.5) is 0 Å². The van der Waals surface area contributed by atoms with Gasteiger partial charge in [0, 0.05) is 8.95 Å². The Morgan fingerprint density at radius 2 is 1.91 bits per heavy atom. The standard InChI is InChI=1S/C23H15Br2N3O3S/c1-31-23(30)19-18(13-5-3-7-15(25)10-13)16(11-26)20(27)28-21(29)17(32-22(19)28)9-12-4-2-6-14(24)8-12/h2-10,18H,27H2,1H3. The lowest BCUT2D eigenvalue weighted by Gasteiger charge is -2.24. The maximum atomic E-state index is 13.3. The first-order chi connectivity index (χ1) is 15.3. The van der Waals surface area contributed by atoms with E-state index in [0.29, 0.717) is 14.8 Å². The molecule has 1 aliphatic heterocycles. The molecule has 1 aromatic heterocycles. The van der Waals surface area contributed by atoms with Crippen LogP contribution in [0.1, 0.15) is 17.0 Å². The number of benzene rings is 2. The molecule has 2 aromatic carbocycles. The van der Waals surface area contributed by atoms with E-state index in [9.17, 15) is 14.9 Å². The summed E-state index contributed by atoms with van der Waals surface area (Å²) in [5.74, 6) is -1.38. The van der Waals surface area contributed by atoms with E-state index in [1.165, 1.54) is 11.7 Å². The molecule has 2 heterocycles. The number of hydrogen-bond donors (Lipinski definition) is 1. The lowest BCUT2D eigenvalue weighted by atomic mass is 9.84. The van der Waals surface area contributed by atoms with Gasteiger partial charge in [0.25, 0.3) is 5.56 Å². The Morgan fingerprint density at radius 3 is 2.53 bits per heavy atom. The second-order valence-corrected chi connectivity index (χ2v) is 9.78. The van der Waals surface area contributed by atoms with Crippen molar-refractivity contribution < 1.29 is 9.53 Å². The fourth-order valence-corrected chi connectivity index (χ4v) is 5.62. The van der Waals surface area contributed by atoms with E-state index in [-0.39, 0.29) is 17.0 Å². The zero-order valence-corrected chi connectivity index (χ0v) is 20.6. The van der Waals surface area contributed by atoms with Crippen LogP contribution in [0.15, 0.2) is 67.8 Å². The van der Waals surface area contributed by atoms with Gasteiger partial charge in [-0.05, 0) is 41.5 Å². The normalized spacial score (nSPS) is 16.0. The number of hydrogen-bond acceptors (Lipinski definition) is 6. The van der Waals surface area contributed by atoms with Crippen LogP contribution < -0.4 is 20.5 Å². The summed E-state index contributed by atoms with van der Waals surface area (Å²) < 4.78 is 8.68. The van der Waals surface area contributed by atoms with Crippen LogP contribution in [0.3, 0.4) is 0 Å². The van der Waals surface area contributed by atoms with Crippen LogP contribution in [0.5, 0.6) is 0 Å². The second-order valence-electron chi connectivity index (χ2n) is 6.92. The molecule has 32 heavy (non-hydrogen) atoms. The van der Waals surface area contributed by atoms with Crippen molar-refractivity contribution in [1.29, 1.82) is 5.26 Å². The first-order valence-corrected chi connectivity index (χ1v) is 11.7. The SMILES string of the molecule is COC(=O)C1=c2sc(=Cc3cccc(Br)c3)c(=O)n2C(N)=C(C#N)C1c1cccc(Br)c1. The van der Waals surface area contributed by atoms with E-state index in [0.717, 1.165) is 25.8 Å². The van der Waals surface area contributed by atoms with Gasteiger partial charge in [0.2, 0.25) is 0 Å². The van der Waals surface area contributed by atoms with Crippen molar-refractivity contribution in [1.82, 2.24) is 4.57 Å². The van der Waals surface area contributed by atoms with E-state index < -0.39 is 17.4 Å². The van der Waals surface area contributed by atoms with Crippen LogP contribution in [0, 0.1) is 11.3 Å². The van der Waals surface area contributed by atoms with E-state index >= 15 is 0 Å². The molecular formula is C23H15Br2N3O3S. The molecule has 0 saturated carbocycles. The number of ether oxygens (including phenoxy) is 1. The van der Waals surface area contributed by atoms with Gasteiger partial charge < -0.3 is 10.5 Å². The minimum atomic E-state index is -0.762. The van der Waals surface area contributed by atoms with Gasteiger partial charge in [0.05, 0.1) is 34.8 Å². The van der Waals surface area contributed by atoms with Crippen LogP contribution in [-0.2, 0) is 9.53 Å². The average molecular weight is 573 g/mol. The summed E-state index contributed by atoms with van der Waals surface area (Å²) >= 11 is 8.00. The van der Waals surface area contributed by atoms with Gasteiger partial charge in [-0.15, -0.1) is 11.3 Å². The van der Waals surface area contributed by atoms with Gasteiger partial charge in [-0.2, -0.15) is 5.26 Å². The molecule has 0 spiro atoms. The number of nitrogens with zero attached hydrogens (tertiary/aromatic N) is 2. The molecule has 9 heteroatoms. The van der Waals surface area contributed by atoms with Crippen molar-refractivity contribution in [3.8, 4) is 6.07 Å². The number of rotatable bonds is 3. The Labute approximate surface area is 203 Å². The van der Waals surface area contributed by atoms with E-state index in [2.05, 4.69) is 37.9 Å². The number of nitrogens with two attached hydrogens (primary N) is 1. The zero-order chi connectivity index (χ0) is 23.0. The molecule has 1 unspecified atom stereocenters. The molecule has 0 fully saturated rings. The number of carbonyl (C=O) groups excluding carboxylic acids is 1. The number of aromatic nitrogens is 1. The molecule has 0 bridgehead atoms. The van der Waals surface area contributed by atoms with Crippen LogP contribution in [-0.4, -0.2) is 17.6 Å². The molecule has 2 N–H and O–H groups in total. The number of allylic oxidation sites excluding steroid dienone is 1. The molecule has 3 aromatic rings. The highest BCUT2D eigenvalue weighted by molar-refractivity contribution is 9.10. The Balaban J connectivity index is 2.11. The average Bonchev–Trinajstić information content (AvgIpc) is 3.09. The molecular weight excluding hydrogens is 558 g/mol. The fourth-order valence-electron chi connectivity index (χ4n) is 3.62. The quantitative estimate of drug-likeness (QED) is 0.486. The van der Waals surface area contributed by atoms with E-state index in [1.54, 1.807) is 12.1 Å². The van der Waals surface area contributed by atoms with Crippen molar-refractivity contribution in [2.75, 3.05) is 7.11 Å². The van der Waals surface area contributed by atoms with Crippen molar-refractivity contribution in [2.24, 2.45) is 5.73 Å². The summed E-state index contributed by atoms with van der Waals surface area (Å²) in [6.07, 6.45) is 1.73. The fraction of sp³-hybridized carbons (Fsp3) is 0.0870. The third-order valence-corrected chi connectivity index (χ3v) is 7.10. The van der Waals surface area contributed by atoms with Crippen LogP contribution >= 0.6 is 43.2 Å². The van der Waals surface area contributed by atoms with Crippen molar-refractivity contribution in [3.05, 3.63) is 93.7 Å². The molecule has 0 amide bonds. The first-order valence-electron chi connectivity index (χ1n) is 9.33. The maximum absolute atomic E-state index is 13.3. The van der Waals surface area contributed by atoms with Crippen molar-refractivity contribution >= 4 is 66.6 Å². The van der Waals surface area contributed by atoms with Gasteiger partial charge in [0.1, 0.15) is 10.5 Å². The molecule has 0 saturated heterocycles. The van der Waals surface area contributed by atoms with Gasteiger partial charge in [-0.3, -0.25) is 9.36 Å². The third kappa shape index (κ3) is 3.86. The molecule has 1 atom stereocenters. The van der Waals surface area contributed by atoms with E-state index in [4.69, 9.17) is 10.5 Å². The van der Waals surface area contributed by atoms with Crippen molar-refractivity contribution in [2.45, 2.75) is 5.92 Å². The van der Waals surface area contributed by atoms with Gasteiger partial charge in [0.15, 0.2) is 0 Å². The molecule has 160 valence electrons. The predicted octanol–water partition coefficient (Wildman–Crippen LogP) is 3.04. The highest BCUT2D eigenvalue weighted by Gasteiger charge is 2.36. The topological polar surface area (TPSA) is 98.1 Å². The van der Waals surface area contributed by atoms with Gasteiger partial charge in [-0.1, -0.05) is 56.1 Å². The van der Waals surface area contributed by atoms with Crippen LogP contribution in [0.2, 0.25) is 0 Å². The Kier molecular flexibility index (Phi) is 6.20. The summed E-state index contributed by atoms with van der Waals surface area (Å²) in [6, 6.07) is 16.9. The Bertz CT molecular complexity index is 1510. The monoisotopic (exact) mass is 571 g/mol. The number of esters is 1. The Hall–Kier alpha value is -2.93. The predicted molar refractivity (Wildman–Crippen MR) is 131 cm³/mol. The highest BCUT2D eigenvalue weighted by Crippen LogP contribution is 2.37. The molecule has 0 radical (unpaired) electrons. The largest absolute Gasteiger partial charge is 0.466 e. The van der Waals surface area contributed by atoms with Crippen molar-refractivity contribution in [3.63, 3.8) is 0 Å². The van der Waals surface area contributed by atoms with Crippen LogP contribution in [0.25, 0.3) is 17.5 Å². The number of nitriles is 1. The number of halogens is 2. The zero-order valence-electron chi connectivity index (χ0n) is 16.6. The molecule has 6 nitrogen and oxygen atoms in total. The summed E-state index contributed by atoms with van der Waals surface area (Å²) in [5, 5.41) is 9.93. The molecule has 4 rings (SSSR count). The van der Waals surface area contributed by atoms with Gasteiger partial charge >= 0.3 is 5.97 Å². The minimum Gasteiger partial charge on any atom is -0.466 e. The Morgan fingerprint density at radius 1 is 1.22 bits per heavy atom. The molecule has 1 aliphatic rings. The summed E-state index contributed by atoms with van der Waals surface area (Å²) in [7, 11) is 1.27. The third-order valence-electron chi connectivity index (χ3n) is 5.00. The van der Waals surface area contributed by atoms with Gasteiger partial charge in [-0.25, -0.2) is 4.79 Å².